The van der Waals surface area contributed by atoms with E-state index >= 15 is 0 Å². The fourth-order valence-corrected chi connectivity index (χ4v) is 3.83. The highest BCUT2D eigenvalue weighted by molar-refractivity contribution is 5.92. The number of rotatable bonds is 7. The maximum Gasteiger partial charge on any atom is 0.262 e. The molecule has 1 aromatic heterocycles. The predicted molar refractivity (Wildman–Crippen MR) is 131 cm³/mol. The van der Waals surface area contributed by atoms with Gasteiger partial charge in [0.05, 0.1) is 19.6 Å². The van der Waals surface area contributed by atoms with Crippen LogP contribution in [-0.2, 0) is 4.79 Å². The van der Waals surface area contributed by atoms with Crippen molar-refractivity contribution >= 4 is 22.6 Å². The minimum absolute atomic E-state index is 0.0464. The summed E-state index contributed by atoms with van der Waals surface area (Å²) in [6.07, 6.45) is 0. The number of carbonyl (C=O) groups excluding carboxylic acids is 1. The van der Waals surface area contributed by atoms with Gasteiger partial charge in [-0.15, -0.1) is 0 Å². The van der Waals surface area contributed by atoms with E-state index in [0.717, 1.165) is 11.1 Å². The van der Waals surface area contributed by atoms with Gasteiger partial charge in [0.2, 0.25) is 11.2 Å². The maximum atomic E-state index is 13.5. The number of hydrogen-bond acceptors (Lipinski definition) is 6. The molecule has 0 saturated heterocycles. The third-order valence-corrected chi connectivity index (χ3v) is 5.35. The minimum Gasteiger partial charge on any atom is -0.493 e. The van der Waals surface area contributed by atoms with Gasteiger partial charge in [0, 0.05) is 11.3 Å². The Balaban J connectivity index is 1.79. The third kappa shape index (κ3) is 4.59. The fourth-order valence-electron chi connectivity index (χ4n) is 3.83. The van der Waals surface area contributed by atoms with Gasteiger partial charge >= 0.3 is 0 Å². The summed E-state index contributed by atoms with van der Waals surface area (Å²) in [5, 5.41) is 3.16. The molecule has 0 bridgehead atoms. The number of fused-ring (bicyclic) bond motifs is 1. The van der Waals surface area contributed by atoms with Crippen molar-refractivity contribution in [2.45, 2.75) is 13.8 Å². The SMILES string of the molecule is COc1ccc(-c2oc3cc(C)cc(C)c3c(=O)c2OCC(=O)Nc2ccccc2)cc1OC. The molecule has 0 unspecified atom stereocenters. The van der Waals surface area contributed by atoms with Crippen molar-refractivity contribution in [3.63, 3.8) is 0 Å². The molecule has 34 heavy (non-hydrogen) atoms. The van der Waals surface area contributed by atoms with Gasteiger partial charge in [0.25, 0.3) is 5.91 Å². The number of nitrogens with one attached hydrogen (secondary N) is 1. The average Bonchev–Trinajstić information content (AvgIpc) is 2.83. The zero-order valence-corrected chi connectivity index (χ0v) is 19.4. The molecule has 0 fully saturated rings. The number of ether oxygens (including phenoxy) is 3. The molecule has 1 N–H and O–H groups in total. The van der Waals surface area contributed by atoms with E-state index in [-0.39, 0.29) is 23.5 Å². The summed E-state index contributed by atoms with van der Waals surface area (Å²) in [7, 11) is 3.06. The standard InChI is InChI=1S/C27H25NO6/c1-16-12-17(2)24-22(13-16)34-26(18-10-11-20(31-3)21(14-18)32-4)27(25(24)30)33-15-23(29)28-19-8-6-5-7-9-19/h5-14H,15H2,1-4H3,(H,28,29). The van der Waals surface area contributed by atoms with Crippen molar-refractivity contribution in [2.24, 2.45) is 0 Å². The van der Waals surface area contributed by atoms with Crippen molar-refractivity contribution in [3.05, 3.63) is 82.0 Å². The normalized spacial score (nSPS) is 10.7. The van der Waals surface area contributed by atoms with Gasteiger partial charge in [0.15, 0.2) is 23.9 Å². The van der Waals surface area contributed by atoms with Crippen LogP contribution in [-0.4, -0.2) is 26.7 Å². The first-order valence-corrected chi connectivity index (χ1v) is 10.7. The van der Waals surface area contributed by atoms with Crippen LogP contribution in [0.2, 0.25) is 0 Å². The molecule has 0 spiro atoms. The highest BCUT2D eigenvalue weighted by Crippen LogP contribution is 2.37. The maximum absolute atomic E-state index is 13.5. The first-order valence-electron chi connectivity index (χ1n) is 10.7. The molecular formula is C27H25NO6. The molecule has 174 valence electrons. The molecule has 1 heterocycles. The molecule has 0 aliphatic rings. The third-order valence-electron chi connectivity index (χ3n) is 5.35. The summed E-state index contributed by atoms with van der Waals surface area (Å²) >= 11 is 0. The Labute approximate surface area is 196 Å². The van der Waals surface area contributed by atoms with Crippen LogP contribution in [0.15, 0.2) is 69.9 Å². The first kappa shape index (κ1) is 22.9. The Morgan fingerprint density at radius 1 is 0.941 bits per heavy atom. The molecule has 0 atom stereocenters. The number of methoxy groups -OCH3 is 2. The van der Waals surface area contributed by atoms with Crippen molar-refractivity contribution in [3.8, 4) is 28.6 Å². The second kappa shape index (κ2) is 9.70. The lowest BCUT2D eigenvalue weighted by atomic mass is 10.0. The van der Waals surface area contributed by atoms with Gasteiger partial charge in [-0.3, -0.25) is 9.59 Å². The Hall–Kier alpha value is -4.26. The number of anilines is 1. The van der Waals surface area contributed by atoms with Crippen LogP contribution in [0.5, 0.6) is 17.2 Å². The number of benzene rings is 3. The number of hydrogen-bond donors (Lipinski definition) is 1. The molecule has 0 radical (unpaired) electrons. The van der Waals surface area contributed by atoms with Gasteiger partial charge in [-0.25, -0.2) is 0 Å². The Morgan fingerprint density at radius 3 is 2.38 bits per heavy atom. The number of amides is 1. The summed E-state index contributed by atoms with van der Waals surface area (Å²) in [6, 6.07) is 17.9. The summed E-state index contributed by atoms with van der Waals surface area (Å²) < 4.78 is 22.7. The minimum atomic E-state index is -0.399. The predicted octanol–water partition coefficient (Wildman–Crippen LogP) is 5.11. The molecule has 7 nitrogen and oxygen atoms in total. The molecule has 7 heteroatoms. The van der Waals surface area contributed by atoms with Crippen molar-refractivity contribution in [2.75, 3.05) is 26.1 Å². The van der Waals surface area contributed by atoms with E-state index in [1.165, 1.54) is 7.11 Å². The molecule has 4 rings (SSSR count). The second-order valence-corrected chi connectivity index (χ2v) is 7.82. The topological polar surface area (TPSA) is 87.0 Å². The van der Waals surface area contributed by atoms with E-state index < -0.39 is 5.91 Å². The number of para-hydroxylation sites is 1. The average molecular weight is 459 g/mol. The Morgan fingerprint density at radius 2 is 1.68 bits per heavy atom. The Kier molecular flexibility index (Phi) is 6.54. The largest absolute Gasteiger partial charge is 0.493 e. The quantitative estimate of drug-likeness (QED) is 0.413. The van der Waals surface area contributed by atoms with E-state index in [2.05, 4.69) is 5.32 Å². The van der Waals surface area contributed by atoms with Crippen molar-refractivity contribution in [1.29, 1.82) is 0 Å². The number of aryl methyl sites for hydroxylation is 2. The van der Waals surface area contributed by atoms with Crippen molar-refractivity contribution in [1.82, 2.24) is 0 Å². The van der Waals surface area contributed by atoms with E-state index in [4.69, 9.17) is 18.6 Å². The van der Waals surface area contributed by atoms with Crippen LogP contribution >= 0.6 is 0 Å². The lowest BCUT2D eigenvalue weighted by Gasteiger charge is -2.14. The molecular weight excluding hydrogens is 434 g/mol. The summed E-state index contributed by atoms with van der Waals surface area (Å²) in [4.78, 5) is 26.0. The smallest absolute Gasteiger partial charge is 0.262 e. The summed E-state index contributed by atoms with van der Waals surface area (Å²) in [5.74, 6) is 0.761. The molecule has 0 aliphatic heterocycles. The van der Waals surface area contributed by atoms with Gasteiger partial charge < -0.3 is 23.9 Å². The Bertz CT molecular complexity index is 1410. The molecule has 0 saturated carbocycles. The van der Waals surface area contributed by atoms with Gasteiger partial charge in [-0.05, 0) is 61.4 Å². The highest BCUT2D eigenvalue weighted by atomic mass is 16.5. The van der Waals surface area contributed by atoms with E-state index in [1.807, 2.05) is 38.1 Å². The van der Waals surface area contributed by atoms with E-state index in [0.29, 0.717) is 33.7 Å². The van der Waals surface area contributed by atoms with Crippen LogP contribution in [0.3, 0.4) is 0 Å². The molecule has 0 aliphatic carbocycles. The van der Waals surface area contributed by atoms with Crippen LogP contribution in [0, 0.1) is 13.8 Å². The molecule has 3 aromatic carbocycles. The van der Waals surface area contributed by atoms with Gasteiger partial charge in [-0.2, -0.15) is 0 Å². The molecule has 1 amide bonds. The molecule has 4 aromatic rings. The van der Waals surface area contributed by atoms with Crippen molar-refractivity contribution < 1.29 is 23.4 Å². The summed E-state index contributed by atoms with van der Waals surface area (Å²) in [5.41, 5.74) is 3.00. The fraction of sp³-hybridized carbons (Fsp3) is 0.185. The summed E-state index contributed by atoms with van der Waals surface area (Å²) in [6.45, 7) is 3.41. The van der Waals surface area contributed by atoms with Crippen LogP contribution < -0.4 is 25.0 Å². The number of carbonyl (C=O) groups is 1. The van der Waals surface area contributed by atoms with E-state index in [1.54, 1.807) is 43.5 Å². The van der Waals surface area contributed by atoms with Gasteiger partial charge in [-0.1, -0.05) is 24.3 Å². The second-order valence-electron chi connectivity index (χ2n) is 7.82. The van der Waals surface area contributed by atoms with Gasteiger partial charge in [0.1, 0.15) is 5.58 Å². The zero-order chi connectivity index (χ0) is 24.2. The lowest BCUT2D eigenvalue weighted by Crippen LogP contribution is -2.22. The lowest BCUT2D eigenvalue weighted by molar-refractivity contribution is -0.118. The van der Waals surface area contributed by atoms with E-state index in [9.17, 15) is 9.59 Å². The van der Waals surface area contributed by atoms with Crippen LogP contribution in [0.4, 0.5) is 5.69 Å². The van der Waals surface area contributed by atoms with Crippen LogP contribution in [0.1, 0.15) is 11.1 Å². The highest BCUT2D eigenvalue weighted by Gasteiger charge is 2.21. The zero-order valence-electron chi connectivity index (χ0n) is 19.4. The van der Waals surface area contributed by atoms with Crippen LogP contribution in [0.25, 0.3) is 22.3 Å². The first-order chi connectivity index (χ1) is 16.4. The monoisotopic (exact) mass is 459 g/mol.